The first-order valence-corrected chi connectivity index (χ1v) is 3.06. The molecule has 0 aromatic rings. The molecule has 3 heteroatoms. The predicted octanol–water partition coefficient (Wildman–Crippen LogP) is -1.44. The van der Waals surface area contributed by atoms with E-state index in [0.717, 1.165) is 13.1 Å². The third-order valence-corrected chi connectivity index (χ3v) is 1.66. The zero-order valence-electron chi connectivity index (χ0n) is 4.78. The molecule has 44 valence electrons. The van der Waals surface area contributed by atoms with Crippen LogP contribution in [0.5, 0.6) is 0 Å². The lowest BCUT2D eigenvalue weighted by molar-refractivity contribution is -0.507. The molecule has 8 heavy (non-hydrogen) atoms. The topological polar surface area (TPSA) is 27.1 Å². The third kappa shape index (κ3) is 0.412. The van der Waals surface area contributed by atoms with Crippen molar-refractivity contribution in [3.05, 3.63) is 0 Å². The SMILES string of the molecule is C1C[N+]2=C(N1)NCC2. The third-order valence-electron chi connectivity index (χ3n) is 1.66. The molecule has 0 radical (unpaired) electrons. The Morgan fingerprint density at radius 1 is 1.12 bits per heavy atom. The maximum absolute atomic E-state index is 3.25. The Labute approximate surface area is 48.4 Å². The molecule has 0 bridgehead atoms. The Hall–Kier alpha value is -0.730. The van der Waals surface area contributed by atoms with Crippen LogP contribution >= 0.6 is 0 Å². The van der Waals surface area contributed by atoms with Crippen LogP contribution in [0.25, 0.3) is 0 Å². The van der Waals surface area contributed by atoms with E-state index in [0.29, 0.717) is 0 Å². The summed E-state index contributed by atoms with van der Waals surface area (Å²) in [6.45, 7) is 4.59. The van der Waals surface area contributed by atoms with Gasteiger partial charge >= 0.3 is 5.96 Å². The van der Waals surface area contributed by atoms with Gasteiger partial charge in [0.2, 0.25) is 0 Å². The standard InChI is InChI=1S/C5H9N3/c1-3-8-4-2-7-5(8)6-1/h1-4H2,(H,6,7)/p+1. The van der Waals surface area contributed by atoms with Gasteiger partial charge in [-0.15, -0.1) is 0 Å². The van der Waals surface area contributed by atoms with Gasteiger partial charge in [-0.05, 0) is 0 Å². The second-order valence-electron chi connectivity index (χ2n) is 2.19. The summed E-state index contributed by atoms with van der Waals surface area (Å²) in [5.41, 5.74) is 0. The van der Waals surface area contributed by atoms with Gasteiger partial charge in [-0.2, -0.15) is 0 Å². The molecule has 2 aliphatic rings. The van der Waals surface area contributed by atoms with E-state index in [4.69, 9.17) is 0 Å². The summed E-state index contributed by atoms with van der Waals surface area (Å²) in [6, 6.07) is 0. The molecule has 0 fully saturated rings. The summed E-state index contributed by atoms with van der Waals surface area (Å²) < 4.78 is 2.33. The fourth-order valence-electron chi connectivity index (χ4n) is 1.24. The van der Waals surface area contributed by atoms with Crippen molar-refractivity contribution in [1.29, 1.82) is 0 Å². The van der Waals surface area contributed by atoms with E-state index < -0.39 is 0 Å². The molecule has 0 spiro atoms. The van der Waals surface area contributed by atoms with Gasteiger partial charge in [0.25, 0.3) is 0 Å². The summed E-state index contributed by atoms with van der Waals surface area (Å²) in [7, 11) is 0. The van der Waals surface area contributed by atoms with Crippen molar-refractivity contribution >= 4 is 5.96 Å². The van der Waals surface area contributed by atoms with Gasteiger partial charge in [0.1, 0.15) is 0 Å². The lowest BCUT2D eigenvalue weighted by Crippen LogP contribution is -2.31. The monoisotopic (exact) mass is 112 g/mol. The van der Waals surface area contributed by atoms with Gasteiger partial charge in [-0.25, -0.2) is 0 Å². The summed E-state index contributed by atoms with van der Waals surface area (Å²) >= 11 is 0. The highest BCUT2D eigenvalue weighted by Crippen LogP contribution is 1.89. The highest BCUT2D eigenvalue weighted by atomic mass is 15.3. The Morgan fingerprint density at radius 2 is 1.75 bits per heavy atom. The van der Waals surface area contributed by atoms with E-state index in [1.54, 1.807) is 0 Å². The number of nitrogens with one attached hydrogen (secondary N) is 2. The summed E-state index contributed by atoms with van der Waals surface area (Å²) in [5.74, 6) is 1.24. The van der Waals surface area contributed by atoms with E-state index in [-0.39, 0.29) is 0 Å². The molecule has 0 atom stereocenters. The molecule has 2 aliphatic heterocycles. The normalized spacial score (nSPS) is 25.0. The van der Waals surface area contributed by atoms with Crippen LogP contribution in [0.4, 0.5) is 0 Å². The zero-order chi connectivity index (χ0) is 5.40. The van der Waals surface area contributed by atoms with Gasteiger partial charge in [-0.1, -0.05) is 0 Å². The van der Waals surface area contributed by atoms with Crippen LogP contribution in [0.1, 0.15) is 0 Å². The Balaban J connectivity index is 2.23. The zero-order valence-corrected chi connectivity index (χ0v) is 4.78. The van der Waals surface area contributed by atoms with E-state index in [9.17, 15) is 0 Å². The second kappa shape index (κ2) is 1.37. The second-order valence-corrected chi connectivity index (χ2v) is 2.19. The lowest BCUT2D eigenvalue weighted by Gasteiger charge is -1.88. The maximum Gasteiger partial charge on any atom is 0.346 e. The quantitative estimate of drug-likeness (QED) is 0.376. The number of nitrogens with zero attached hydrogens (tertiary/aromatic N) is 1. The van der Waals surface area contributed by atoms with Crippen LogP contribution in [0.3, 0.4) is 0 Å². The molecule has 0 saturated heterocycles. The van der Waals surface area contributed by atoms with E-state index in [2.05, 4.69) is 15.2 Å². The minimum absolute atomic E-state index is 1.11. The molecule has 0 unspecified atom stereocenters. The summed E-state index contributed by atoms with van der Waals surface area (Å²) in [6.07, 6.45) is 0. The largest absolute Gasteiger partial charge is 0.346 e. The van der Waals surface area contributed by atoms with Crippen LogP contribution in [0.15, 0.2) is 0 Å². The minimum atomic E-state index is 1.11. The predicted molar refractivity (Wildman–Crippen MR) is 31.0 cm³/mol. The molecule has 3 nitrogen and oxygen atoms in total. The van der Waals surface area contributed by atoms with Gasteiger partial charge < -0.3 is 0 Å². The molecule has 0 amide bonds. The first-order valence-electron chi connectivity index (χ1n) is 3.06. The van der Waals surface area contributed by atoms with Crippen molar-refractivity contribution in [2.24, 2.45) is 0 Å². The average molecular weight is 112 g/mol. The van der Waals surface area contributed by atoms with Gasteiger partial charge in [0, 0.05) is 0 Å². The molecule has 2 rings (SSSR count). The fraction of sp³-hybridized carbons (Fsp3) is 0.800. The van der Waals surface area contributed by atoms with Crippen molar-refractivity contribution in [2.45, 2.75) is 0 Å². The van der Waals surface area contributed by atoms with Crippen molar-refractivity contribution in [1.82, 2.24) is 10.6 Å². The number of hydrogen-bond acceptors (Lipinski definition) is 2. The Kier molecular flexibility index (Phi) is 0.716. The van der Waals surface area contributed by atoms with E-state index >= 15 is 0 Å². The van der Waals surface area contributed by atoms with Crippen molar-refractivity contribution in [3.63, 3.8) is 0 Å². The lowest BCUT2D eigenvalue weighted by atomic mass is 10.6. The Bertz CT molecular complexity index is 111. The molecule has 0 aliphatic carbocycles. The van der Waals surface area contributed by atoms with Crippen LogP contribution in [0.2, 0.25) is 0 Å². The molecule has 0 saturated carbocycles. The molecular formula is C5H10N3+. The first kappa shape index (κ1) is 4.18. The van der Waals surface area contributed by atoms with Crippen molar-refractivity contribution in [3.8, 4) is 0 Å². The van der Waals surface area contributed by atoms with Crippen LogP contribution < -0.4 is 10.6 Å². The highest BCUT2D eigenvalue weighted by Gasteiger charge is 2.23. The van der Waals surface area contributed by atoms with Crippen LogP contribution in [-0.4, -0.2) is 36.7 Å². The van der Waals surface area contributed by atoms with Gasteiger partial charge in [0.05, 0.1) is 26.2 Å². The van der Waals surface area contributed by atoms with E-state index in [1.807, 2.05) is 0 Å². The first-order chi connectivity index (χ1) is 3.97. The van der Waals surface area contributed by atoms with E-state index in [1.165, 1.54) is 19.0 Å². The highest BCUT2D eigenvalue weighted by molar-refractivity contribution is 5.76. The molecule has 2 heterocycles. The molecule has 0 aromatic carbocycles. The van der Waals surface area contributed by atoms with Crippen molar-refractivity contribution in [2.75, 3.05) is 26.2 Å². The van der Waals surface area contributed by atoms with Crippen molar-refractivity contribution < 1.29 is 4.58 Å². The summed E-state index contributed by atoms with van der Waals surface area (Å²) in [4.78, 5) is 0. The van der Waals surface area contributed by atoms with Gasteiger partial charge in [-0.3, -0.25) is 15.2 Å². The fourth-order valence-corrected chi connectivity index (χ4v) is 1.24. The number of rotatable bonds is 0. The van der Waals surface area contributed by atoms with Gasteiger partial charge in [0.15, 0.2) is 0 Å². The number of hydrogen-bond donors (Lipinski definition) is 2. The minimum Gasteiger partial charge on any atom is -0.275 e. The van der Waals surface area contributed by atoms with Crippen LogP contribution in [0, 0.1) is 0 Å². The summed E-state index contributed by atoms with van der Waals surface area (Å²) in [5, 5.41) is 6.50. The average Bonchev–Trinajstić information content (AvgIpc) is 2.15. The molecule has 2 N–H and O–H groups in total. The molecular weight excluding hydrogens is 102 g/mol. The number of guanidine groups is 1. The molecule has 0 aromatic heterocycles. The maximum atomic E-state index is 3.25. The smallest absolute Gasteiger partial charge is 0.275 e. The Morgan fingerprint density at radius 3 is 2.25 bits per heavy atom. The van der Waals surface area contributed by atoms with Crippen LogP contribution in [-0.2, 0) is 0 Å².